The van der Waals surface area contributed by atoms with E-state index in [0.29, 0.717) is 0 Å². The summed E-state index contributed by atoms with van der Waals surface area (Å²) in [5, 5.41) is 3.19. The quantitative estimate of drug-likeness (QED) is 0.703. The lowest BCUT2D eigenvalue weighted by atomic mass is 10.2. The summed E-state index contributed by atoms with van der Waals surface area (Å²) in [6, 6.07) is 14.2. The lowest BCUT2D eigenvalue weighted by Crippen LogP contribution is -1.90. The monoisotopic (exact) mass is 330 g/mol. The second-order valence-corrected chi connectivity index (χ2v) is 5.99. The van der Waals surface area contributed by atoms with Crippen LogP contribution < -0.4 is 0 Å². The molecular formula is C15H11BrN2S. The fraction of sp³-hybridized carbons (Fsp3) is 0.0667. The van der Waals surface area contributed by atoms with Gasteiger partial charge in [-0.2, -0.15) is 0 Å². The van der Waals surface area contributed by atoms with Crippen LogP contribution in [0, 0.1) is 0 Å². The average Bonchev–Trinajstić information content (AvgIpc) is 2.89. The highest BCUT2D eigenvalue weighted by molar-refractivity contribution is 9.10. The summed E-state index contributed by atoms with van der Waals surface area (Å²) in [6.07, 6.45) is 2.61. The van der Waals surface area contributed by atoms with Gasteiger partial charge in [0.25, 0.3) is 0 Å². The highest BCUT2D eigenvalue weighted by Crippen LogP contribution is 2.24. The van der Waals surface area contributed by atoms with Crippen LogP contribution >= 0.6 is 27.3 Å². The normalized spacial score (nSPS) is 10.6. The van der Waals surface area contributed by atoms with Crippen molar-refractivity contribution in [2.75, 3.05) is 0 Å². The molecule has 0 radical (unpaired) electrons. The van der Waals surface area contributed by atoms with Crippen LogP contribution in [0.2, 0.25) is 0 Å². The van der Waals surface area contributed by atoms with Gasteiger partial charge in [0.05, 0.1) is 10.7 Å². The molecule has 0 spiro atoms. The number of nitrogens with zero attached hydrogens (tertiary/aromatic N) is 2. The third-order valence-electron chi connectivity index (χ3n) is 2.75. The van der Waals surface area contributed by atoms with Crippen molar-refractivity contribution in [3.63, 3.8) is 0 Å². The van der Waals surface area contributed by atoms with Gasteiger partial charge in [-0.25, -0.2) is 4.98 Å². The predicted molar refractivity (Wildman–Crippen MR) is 82.3 cm³/mol. The van der Waals surface area contributed by atoms with E-state index in [1.807, 2.05) is 36.5 Å². The molecule has 3 rings (SSSR count). The minimum Gasteiger partial charge on any atom is -0.261 e. The predicted octanol–water partition coefficient (Wildman–Crippen LogP) is 4.56. The van der Waals surface area contributed by atoms with Gasteiger partial charge in [-0.1, -0.05) is 34.1 Å². The molecule has 0 aliphatic heterocycles. The number of pyridine rings is 1. The van der Waals surface area contributed by atoms with Gasteiger partial charge in [0, 0.05) is 33.7 Å². The molecule has 0 saturated heterocycles. The second kappa shape index (κ2) is 5.63. The Balaban J connectivity index is 1.82. The molecule has 94 valence electrons. The number of rotatable bonds is 3. The summed E-state index contributed by atoms with van der Waals surface area (Å²) < 4.78 is 1.08. The van der Waals surface area contributed by atoms with Crippen LogP contribution in [0.15, 0.2) is 58.5 Å². The Bertz CT molecular complexity index is 662. The van der Waals surface area contributed by atoms with Gasteiger partial charge in [0.1, 0.15) is 0 Å². The van der Waals surface area contributed by atoms with E-state index in [1.165, 1.54) is 0 Å². The average molecular weight is 331 g/mol. The Kier molecular flexibility index (Phi) is 3.71. The minimum absolute atomic E-state index is 0.794. The third kappa shape index (κ3) is 3.08. The molecule has 3 aromatic rings. The molecule has 2 nitrogen and oxygen atoms in total. The topological polar surface area (TPSA) is 25.8 Å². The first-order valence-corrected chi connectivity index (χ1v) is 7.59. The largest absolute Gasteiger partial charge is 0.261 e. The zero-order valence-electron chi connectivity index (χ0n) is 10.1. The van der Waals surface area contributed by atoms with Crippen molar-refractivity contribution in [3.8, 4) is 11.3 Å². The van der Waals surface area contributed by atoms with Crippen LogP contribution in [0.25, 0.3) is 11.3 Å². The van der Waals surface area contributed by atoms with Crippen molar-refractivity contribution < 1.29 is 0 Å². The van der Waals surface area contributed by atoms with E-state index in [4.69, 9.17) is 0 Å². The Hall–Kier alpha value is -1.52. The molecule has 0 bridgehead atoms. The van der Waals surface area contributed by atoms with Crippen molar-refractivity contribution >= 4 is 27.3 Å². The van der Waals surface area contributed by atoms with Gasteiger partial charge in [-0.05, 0) is 24.3 Å². The molecule has 0 aliphatic rings. The molecular weight excluding hydrogens is 320 g/mol. The van der Waals surface area contributed by atoms with Crippen LogP contribution in [0.4, 0.5) is 0 Å². The molecule has 0 atom stereocenters. The van der Waals surface area contributed by atoms with E-state index in [1.54, 1.807) is 11.3 Å². The SMILES string of the molecule is Brc1ccc(-c2csc(Cc3ccccn3)n2)cc1. The number of thiazole rings is 1. The van der Waals surface area contributed by atoms with E-state index >= 15 is 0 Å². The van der Waals surface area contributed by atoms with E-state index in [9.17, 15) is 0 Å². The van der Waals surface area contributed by atoms with Crippen LogP contribution in [0.1, 0.15) is 10.7 Å². The fourth-order valence-corrected chi connectivity index (χ4v) is 2.89. The maximum Gasteiger partial charge on any atom is 0.0992 e. The molecule has 1 aromatic carbocycles. The Labute approximate surface area is 124 Å². The Morgan fingerprint density at radius 3 is 2.63 bits per heavy atom. The molecule has 4 heteroatoms. The Morgan fingerprint density at radius 2 is 1.89 bits per heavy atom. The lowest BCUT2D eigenvalue weighted by Gasteiger charge is -1.97. The van der Waals surface area contributed by atoms with Crippen molar-refractivity contribution in [1.29, 1.82) is 0 Å². The van der Waals surface area contributed by atoms with Crippen LogP contribution in [-0.2, 0) is 6.42 Å². The summed E-state index contributed by atoms with van der Waals surface area (Å²) in [5.74, 6) is 0. The van der Waals surface area contributed by atoms with Crippen molar-refractivity contribution in [3.05, 3.63) is 69.2 Å². The third-order valence-corrected chi connectivity index (χ3v) is 4.13. The maximum absolute atomic E-state index is 4.67. The molecule has 0 aliphatic carbocycles. The van der Waals surface area contributed by atoms with E-state index in [2.05, 4.69) is 43.4 Å². The summed E-state index contributed by atoms with van der Waals surface area (Å²) >= 11 is 5.12. The van der Waals surface area contributed by atoms with Gasteiger partial charge in [-0.15, -0.1) is 11.3 Å². The molecule has 0 saturated carbocycles. The summed E-state index contributed by atoms with van der Waals surface area (Å²) in [6.45, 7) is 0. The lowest BCUT2D eigenvalue weighted by molar-refractivity contribution is 1.05. The summed E-state index contributed by atoms with van der Waals surface area (Å²) in [4.78, 5) is 9.00. The van der Waals surface area contributed by atoms with Crippen molar-refractivity contribution in [2.45, 2.75) is 6.42 Å². The smallest absolute Gasteiger partial charge is 0.0992 e. The highest BCUT2D eigenvalue weighted by Gasteiger charge is 2.05. The van der Waals surface area contributed by atoms with Crippen LogP contribution in [0.3, 0.4) is 0 Å². The molecule has 0 N–H and O–H groups in total. The van der Waals surface area contributed by atoms with Gasteiger partial charge in [0.2, 0.25) is 0 Å². The van der Waals surface area contributed by atoms with Crippen molar-refractivity contribution in [1.82, 2.24) is 9.97 Å². The summed E-state index contributed by atoms with van der Waals surface area (Å²) in [7, 11) is 0. The van der Waals surface area contributed by atoms with Gasteiger partial charge >= 0.3 is 0 Å². The maximum atomic E-state index is 4.67. The number of hydrogen-bond acceptors (Lipinski definition) is 3. The zero-order valence-corrected chi connectivity index (χ0v) is 12.5. The van der Waals surface area contributed by atoms with E-state index < -0.39 is 0 Å². The number of aromatic nitrogens is 2. The number of benzene rings is 1. The van der Waals surface area contributed by atoms with Crippen LogP contribution in [0.5, 0.6) is 0 Å². The molecule has 2 heterocycles. The van der Waals surface area contributed by atoms with Gasteiger partial charge < -0.3 is 0 Å². The molecule has 0 fully saturated rings. The number of halogens is 1. The van der Waals surface area contributed by atoms with E-state index in [0.717, 1.165) is 32.9 Å². The summed E-state index contributed by atoms with van der Waals surface area (Å²) in [5.41, 5.74) is 3.23. The first-order valence-electron chi connectivity index (χ1n) is 5.91. The zero-order chi connectivity index (χ0) is 13.1. The molecule has 0 unspecified atom stereocenters. The number of hydrogen-bond donors (Lipinski definition) is 0. The first-order chi connectivity index (χ1) is 9.31. The standard InChI is InChI=1S/C15H11BrN2S/c16-12-6-4-11(5-7-12)14-10-19-15(18-14)9-13-3-1-2-8-17-13/h1-8,10H,9H2. The minimum atomic E-state index is 0.794. The molecule has 0 amide bonds. The Morgan fingerprint density at radius 1 is 1.05 bits per heavy atom. The molecule has 2 aromatic heterocycles. The van der Waals surface area contributed by atoms with Gasteiger partial charge in [0.15, 0.2) is 0 Å². The van der Waals surface area contributed by atoms with Gasteiger partial charge in [-0.3, -0.25) is 4.98 Å². The first kappa shape index (κ1) is 12.5. The second-order valence-electron chi connectivity index (χ2n) is 4.13. The van der Waals surface area contributed by atoms with Crippen LogP contribution in [-0.4, -0.2) is 9.97 Å². The van der Waals surface area contributed by atoms with Crippen molar-refractivity contribution in [2.24, 2.45) is 0 Å². The van der Waals surface area contributed by atoms with E-state index in [-0.39, 0.29) is 0 Å². The fourth-order valence-electron chi connectivity index (χ4n) is 1.80. The highest BCUT2D eigenvalue weighted by atomic mass is 79.9. The molecule has 19 heavy (non-hydrogen) atoms.